The predicted molar refractivity (Wildman–Crippen MR) is 50.2 cm³/mol. The summed E-state index contributed by atoms with van der Waals surface area (Å²) >= 11 is 7.21. The van der Waals surface area contributed by atoms with Gasteiger partial charge in [0.25, 0.3) is 0 Å². The molecular weight excluding hydrogens is 381 g/mol. The summed E-state index contributed by atoms with van der Waals surface area (Å²) in [5.74, 6) is 0. The van der Waals surface area contributed by atoms with Crippen molar-refractivity contribution in [3.8, 4) is 0 Å². The van der Waals surface area contributed by atoms with E-state index in [1.54, 1.807) is 0 Å². The van der Waals surface area contributed by atoms with Crippen LogP contribution in [-0.2, 0) is 53.8 Å². The quantitative estimate of drug-likeness (QED) is 0.225. The fraction of sp³-hybridized carbons (Fsp3) is 0. The summed E-state index contributed by atoms with van der Waals surface area (Å²) < 4.78 is 16.7. The van der Waals surface area contributed by atoms with Crippen LogP contribution in [0.25, 0.3) is 0 Å². The van der Waals surface area contributed by atoms with E-state index in [1.807, 2.05) is 0 Å². The van der Waals surface area contributed by atoms with Gasteiger partial charge in [-0.2, -0.15) is 0 Å². The normalized spacial score (nSPS) is 9.00. The van der Waals surface area contributed by atoms with Crippen molar-refractivity contribution in [2.24, 2.45) is 0 Å². The first-order chi connectivity index (χ1) is 5.41. The van der Waals surface area contributed by atoms with E-state index in [4.69, 9.17) is 38.5 Å². The molecule has 0 aliphatic heterocycles. The summed E-state index contributed by atoms with van der Waals surface area (Å²) in [6.07, 6.45) is 0. The Morgan fingerprint density at radius 3 is 0.786 bits per heavy atom. The van der Waals surface area contributed by atoms with Gasteiger partial charge in [0.15, 0.2) is 0 Å². The second-order valence-corrected chi connectivity index (χ2v) is 6.24. The second-order valence-electron chi connectivity index (χ2n) is 1.10. The van der Waals surface area contributed by atoms with E-state index in [0.717, 1.165) is 0 Å². The summed E-state index contributed by atoms with van der Waals surface area (Å²) in [4.78, 5) is 45.3. The third kappa shape index (κ3) is 711. The Hall–Kier alpha value is 1.78. The molecule has 0 saturated carbocycles. The molecule has 1 radical (unpaired) electrons. The molecule has 14 heteroatoms. The van der Waals surface area contributed by atoms with Crippen LogP contribution in [0.15, 0.2) is 0 Å². The molecule has 0 aliphatic rings. The number of hydrogen-bond acceptors (Lipinski definition) is 4. The molecule has 0 atom stereocenters. The molecule has 0 heterocycles. The maximum absolute atomic E-state index is 8.35. The molecule has 0 aromatic rings. The molecule has 0 spiro atoms. The molecule has 0 rings (SSSR count). The van der Waals surface area contributed by atoms with E-state index >= 15 is 0 Å². The SMILES string of the molecule is O=[P]=O.OP(O)(O)=S.OP(O)(O)=S.[Mo]. The minimum atomic E-state index is -3.81. The van der Waals surface area contributed by atoms with Crippen LogP contribution >= 0.6 is 21.8 Å². The Balaban J connectivity index is -0.0000000535. The van der Waals surface area contributed by atoms with E-state index in [0.29, 0.717) is 0 Å². The monoisotopic (exact) mass is 389 g/mol. The smallest absolute Gasteiger partial charge is 0.319 e. The van der Waals surface area contributed by atoms with Crippen LogP contribution in [0.2, 0.25) is 0 Å². The molecule has 87 valence electrons. The second kappa shape index (κ2) is 12.8. The average molecular weight is 387 g/mol. The molecule has 0 unspecified atom stereocenters. The van der Waals surface area contributed by atoms with Crippen LogP contribution in [-0.4, -0.2) is 29.4 Å². The van der Waals surface area contributed by atoms with Crippen molar-refractivity contribution >= 4 is 45.4 Å². The maximum atomic E-state index is 8.35. The first-order valence-electron chi connectivity index (χ1n) is 1.93. The predicted octanol–water partition coefficient (Wildman–Crippen LogP) is -1.00. The molecular formula is H6MoO8P3S2. The summed E-state index contributed by atoms with van der Waals surface area (Å²) in [7, 11) is -1.08. The summed E-state index contributed by atoms with van der Waals surface area (Å²) in [6.45, 7) is -7.61. The van der Waals surface area contributed by atoms with Crippen LogP contribution in [0.5, 0.6) is 0 Å². The van der Waals surface area contributed by atoms with Gasteiger partial charge in [-0.05, 0) is 23.6 Å². The van der Waals surface area contributed by atoms with E-state index in [9.17, 15) is 0 Å². The zero-order valence-corrected chi connectivity index (χ0v) is 12.4. The van der Waals surface area contributed by atoms with Crippen LogP contribution < -0.4 is 0 Å². The molecule has 0 aliphatic carbocycles. The molecule has 0 amide bonds. The molecule has 14 heavy (non-hydrogen) atoms. The van der Waals surface area contributed by atoms with Gasteiger partial charge in [0.05, 0.1) is 0 Å². The van der Waals surface area contributed by atoms with Gasteiger partial charge in [-0.1, -0.05) is 0 Å². The fourth-order valence-electron chi connectivity index (χ4n) is 0. The van der Waals surface area contributed by atoms with Gasteiger partial charge in [0, 0.05) is 21.1 Å². The average Bonchev–Trinajstić information content (AvgIpc) is 1.52. The molecule has 0 bridgehead atoms. The van der Waals surface area contributed by atoms with Crippen molar-refractivity contribution in [3.05, 3.63) is 0 Å². The third-order valence-corrected chi connectivity index (χ3v) is 0. The standard InChI is InChI=1S/Mo.2H3O3PS.O2P/c;2*1-4(2,3)5;1-3-2/h;2*(H3,1,2,3,5);. The number of hydrogen-bond donors (Lipinski definition) is 6. The van der Waals surface area contributed by atoms with Crippen molar-refractivity contribution in [2.45, 2.75) is 0 Å². The van der Waals surface area contributed by atoms with E-state index in [1.165, 1.54) is 0 Å². The van der Waals surface area contributed by atoms with Crippen LogP contribution in [0, 0.1) is 0 Å². The Labute approximate surface area is 105 Å². The van der Waals surface area contributed by atoms with Gasteiger partial charge in [0.1, 0.15) is 0 Å². The number of rotatable bonds is 0. The van der Waals surface area contributed by atoms with Crippen molar-refractivity contribution in [1.29, 1.82) is 0 Å². The Bertz CT molecular complexity index is 196. The van der Waals surface area contributed by atoms with Crippen molar-refractivity contribution in [3.63, 3.8) is 0 Å². The largest absolute Gasteiger partial charge is 0.325 e. The minimum Gasteiger partial charge on any atom is -0.325 e. The fourth-order valence-corrected chi connectivity index (χ4v) is 0. The van der Waals surface area contributed by atoms with Crippen molar-refractivity contribution < 1.29 is 59.6 Å². The molecule has 0 aromatic carbocycles. The summed E-state index contributed by atoms with van der Waals surface area (Å²) in [5, 5.41) is 0. The Kier molecular flexibility index (Phi) is 22.8. The Morgan fingerprint density at radius 2 is 0.786 bits per heavy atom. The van der Waals surface area contributed by atoms with Gasteiger partial charge in [-0.25, -0.2) is 0 Å². The van der Waals surface area contributed by atoms with Crippen molar-refractivity contribution in [2.75, 3.05) is 0 Å². The van der Waals surface area contributed by atoms with Gasteiger partial charge < -0.3 is 29.4 Å². The van der Waals surface area contributed by atoms with E-state index < -0.39 is 21.8 Å². The van der Waals surface area contributed by atoms with E-state index in [-0.39, 0.29) is 21.1 Å². The first kappa shape index (κ1) is 24.8. The third-order valence-electron chi connectivity index (χ3n) is 0. The molecule has 0 aromatic heterocycles. The molecule has 0 fully saturated rings. The molecule has 6 N–H and O–H groups in total. The van der Waals surface area contributed by atoms with E-state index in [2.05, 4.69) is 23.6 Å². The van der Waals surface area contributed by atoms with Crippen LogP contribution in [0.4, 0.5) is 0 Å². The first-order valence-corrected chi connectivity index (χ1v) is 7.98. The topological polar surface area (TPSA) is 156 Å². The zero-order chi connectivity index (χ0) is 11.7. The molecule has 0 saturated heterocycles. The van der Waals surface area contributed by atoms with Crippen LogP contribution in [0.3, 0.4) is 0 Å². The zero-order valence-electron chi connectivity index (χ0n) is 6.07. The Morgan fingerprint density at radius 1 is 0.786 bits per heavy atom. The minimum absolute atomic E-state index is 0. The van der Waals surface area contributed by atoms with Crippen molar-refractivity contribution in [1.82, 2.24) is 0 Å². The van der Waals surface area contributed by atoms with Gasteiger partial charge in [0.2, 0.25) is 0 Å². The molecule has 8 nitrogen and oxygen atoms in total. The van der Waals surface area contributed by atoms with Gasteiger partial charge in [-0.3, -0.25) is 0 Å². The summed E-state index contributed by atoms with van der Waals surface area (Å²) in [6, 6.07) is 0. The van der Waals surface area contributed by atoms with Gasteiger partial charge >= 0.3 is 30.9 Å². The summed E-state index contributed by atoms with van der Waals surface area (Å²) in [5.41, 5.74) is 0. The van der Waals surface area contributed by atoms with Gasteiger partial charge in [-0.15, -0.1) is 0 Å². The maximum Gasteiger partial charge on any atom is 0.319 e. The van der Waals surface area contributed by atoms with Crippen LogP contribution in [0.1, 0.15) is 0 Å².